The number of hydrogen-bond acceptors (Lipinski definition) is 6. The lowest BCUT2D eigenvalue weighted by Gasteiger charge is -2.42. The molecule has 7 nitrogen and oxygen atoms in total. The topological polar surface area (TPSA) is 61.8 Å². The Balaban J connectivity index is 1.26. The third-order valence-electron chi connectivity index (χ3n) is 6.87. The molecular weight excluding hydrogens is 414 g/mol. The van der Waals surface area contributed by atoms with E-state index in [1.807, 2.05) is 35.4 Å². The summed E-state index contributed by atoms with van der Waals surface area (Å²) in [4.78, 5) is 29.5. The third-order valence-corrected chi connectivity index (χ3v) is 6.87. The number of morpholine rings is 1. The highest BCUT2D eigenvalue weighted by atomic mass is 16.5. The molecule has 5 rings (SSSR count). The van der Waals surface area contributed by atoms with Crippen LogP contribution in [0.5, 0.6) is 0 Å². The second-order valence-corrected chi connectivity index (χ2v) is 9.26. The van der Waals surface area contributed by atoms with Crippen LogP contribution in [-0.2, 0) is 22.5 Å². The molecule has 0 N–H and O–H groups in total. The number of amides is 1. The van der Waals surface area contributed by atoms with Crippen LogP contribution in [0.15, 0.2) is 54.7 Å². The molecule has 0 radical (unpaired) electrons. The number of anilines is 1. The maximum atomic E-state index is 13.7. The van der Waals surface area contributed by atoms with Crippen LogP contribution in [0.3, 0.4) is 0 Å². The molecule has 1 atom stereocenters. The highest BCUT2D eigenvalue weighted by Gasteiger charge is 2.45. The van der Waals surface area contributed by atoms with Gasteiger partial charge in [-0.15, -0.1) is 0 Å². The van der Waals surface area contributed by atoms with Crippen molar-refractivity contribution in [2.75, 3.05) is 50.8 Å². The van der Waals surface area contributed by atoms with E-state index in [2.05, 4.69) is 39.1 Å². The molecule has 0 aliphatic carbocycles. The van der Waals surface area contributed by atoms with Crippen LogP contribution in [0, 0.1) is 0 Å². The Morgan fingerprint density at radius 2 is 1.88 bits per heavy atom. The van der Waals surface area contributed by atoms with Gasteiger partial charge < -0.3 is 14.5 Å². The van der Waals surface area contributed by atoms with Crippen LogP contribution in [0.4, 0.5) is 5.95 Å². The second kappa shape index (κ2) is 10.0. The number of ether oxygens (including phenoxy) is 1. The summed E-state index contributed by atoms with van der Waals surface area (Å²) in [5.41, 5.74) is 1.44. The zero-order chi connectivity index (χ0) is 22.5. The minimum absolute atomic E-state index is 0.105. The summed E-state index contributed by atoms with van der Waals surface area (Å²) in [6, 6.07) is 12.3. The van der Waals surface area contributed by atoms with E-state index in [1.165, 1.54) is 18.4 Å². The molecule has 1 amide bonds. The predicted octanol–water partition coefficient (Wildman–Crippen LogP) is 2.68. The smallest absolute Gasteiger partial charge is 0.256 e. The van der Waals surface area contributed by atoms with E-state index in [1.54, 1.807) is 0 Å². The van der Waals surface area contributed by atoms with Crippen molar-refractivity contribution < 1.29 is 9.53 Å². The van der Waals surface area contributed by atoms with Crippen LogP contribution in [0.2, 0.25) is 0 Å². The van der Waals surface area contributed by atoms with E-state index < -0.39 is 5.60 Å². The molecule has 0 unspecified atom stereocenters. The van der Waals surface area contributed by atoms with Gasteiger partial charge in [0.15, 0.2) is 5.60 Å². The minimum atomic E-state index is -0.813. The standard InChI is InChI=1S/C26H33N5O2/c32-24-26(12-4-5-14-30(24)17-11-22-8-2-1-3-9-22)21-29(18-19-33-26)20-23-10-13-27-25(28-23)31-15-6-7-16-31/h1-5,8-10,13H,6-7,11-12,14-21H2/t26-/m1/s1. The highest BCUT2D eigenvalue weighted by Crippen LogP contribution is 2.28. The van der Waals surface area contributed by atoms with Crippen molar-refractivity contribution in [3.05, 3.63) is 66.0 Å². The zero-order valence-corrected chi connectivity index (χ0v) is 19.2. The molecule has 3 aliphatic rings. The highest BCUT2D eigenvalue weighted by molar-refractivity contribution is 5.86. The lowest BCUT2D eigenvalue weighted by molar-refractivity contribution is -0.170. The van der Waals surface area contributed by atoms with Gasteiger partial charge in [-0.1, -0.05) is 42.5 Å². The molecule has 4 heterocycles. The van der Waals surface area contributed by atoms with Gasteiger partial charge in [0.2, 0.25) is 5.95 Å². The first-order valence-electron chi connectivity index (χ1n) is 12.1. The van der Waals surface area contributed by atoms with Gasteiger partial charge in [-0.05, 0) is 30.9 Å². The number of benzene rings is 1. The summed E-state index contributed by atoms with van der Waals surface area (Å²) < 4.78 is 6.23. The first kappa shape index (κ1) is 22.0. The third kappa shape index (κ3) is 5.09. The van der Waals surface area contributed by atoms with Crippen LogP contribution >= 0.6 is 0 Å². The maximum Gasteiger partial charge on any atom is 0.256 e. The fraction of sp³-hybridized carbons (Fsp3) is 0.500. The Kier molecular flexibility index (Phi) is 6.69. The molecule has 33 heavy (non-hydrogen) atoms. The van der Waals surface area contributed by atoms with Crippen molar-refractivity contribution in [1.82, 2.24) is 19.8 Å². The van der Waals surface area contributed by atoms with Gasteiger partial charge in [-0.3, -0.25) is 9.69 Å². The summed E-state index contributed by atoms with van der Waals surface area (Å²) in [5.74, 6) is 0.933. The Morgan fingerprint density at radius 3 is 2.73 bits per heavy atom. The fourth-order valence-corrected chi connectivity index (χ4v) is 5.05. The van der Waals surface area contributed by atoms with Gasteiger partial charge in [0.25, 0.3) is 5.91 Å². The van der Waals surface area contributed by atoms with Gasteiger partial charge in [0.05, 0.1) is 12.3 Å². The molecule has 1 aromatic heterocycles. The first-order chi connectivity index (χ1) is 16.2. The molecular formula is C26H33N5O2. The van der Waals surface area contributed by atoms with Crippen molar-refractivity contribution in [1.29, 1.82) is 0 Å². The monoisotopic (exact) mass is 447 g/mol. The molecule has 2 aromatic rings. The van der Waals surface area contributed by atoms with E-state index >= 15 is 0 Å². The van der Waals surface area contributed by atoms with Crippen LogP contribution < -0.4 is 4.90 Å². The van der Waals surface area contributed by atoms with Crippen LogP contribution in [-0.4, -0.2) is 77.2 Å². The summed E-state index contributed by atoms with van der Waals surface area (Å²) in [5, 5.41) is 0. The summed E-state index contributed by atoms with van der Waals surface area (Å²) >= 11 is 0. The first-order valence-corrected chi connectivity index (χ1v) is 12.1. The summed E-state index contributed by atoms with van der Waals surface area (Å²) in [6.07, 6.45) is 9.95. The van der Waals surface area contributed by atoms with Crippen molar-refractivity contribution >= 4 is 11.9 Å². The average molecular weight is 448 g/mol. The Labute approximate surface area is 196 Å². The molecule has 2 fully saturated rings. The van der Waals surface area contributed by atoms with E-state index in [4.69, 9.17) is 9.72 Å². The molecule has 0 bridgehead atoms. The van der Waals surface area contributed by atoms with Crippen molar-refractivity contribution in [2.45, 2.75) is 37.8 Å². The summed E-state index contributed by atoms with van der Waals surface area (Å²) in [6.45, 7) is 6.04. The molecule has 7 heteroatoms. The van der Waals surface area contributed by atoms with E-state index in [-0.39, 0.29) is 5.91 Å². The fourth-order valence-electron chi connectivity index (χ4n) is 5.05. The van der Waals surface area contributed by atoms with Gasteiger partial charge in [-0.25, -0.2) is 9.97 Å². The predicted molar refractivity (Wildman–Crippen MR) is 128 cm³/mol. The Morgan fingerprint density at radius 1 is 1.03 bits per heavy atom. The number of nitrogens with zero attached hydrogens (tertiary/aromatic N) is 5. The molecule has 174 valence electrons. The van der Waals surface area contributed by atoms with Gasteiger partial charge >= 0.3 is 0 Å². The molecule has 3 aliphatic heterocycles. The van der Waals surface area contributed by atoms with Crippen LogP contribution in [0.1, 0.15) is 30.5 Å². The largest absolute Gasteiger partial charge is 0.362 e. The van der Waals surface area contributed by atoms with E-state index in [0.717, 1.165) is 37.7 Å². The number of hydrogen-bond donors (Lipinski definition) is 0. The van der Waals surface area contributed by atoms with E-state index in [0.29, 0.717) is 39.2 Å². The SMILES string of the molecule is O=C1N(CCc2ccccc2)CC=CC[C@@]12CN(Cc1ccnc(N3CCCC3)n1)CCO2. The number of carbonyl (C=O) groups excluding carboxylic acids is 1. The lowest BCUT2D eigenvalue weighted by atomic mass is 9.95. The van der Waals surface area contributed by atoms with Gasteiger partial charge in [0.1, 0.15) is 0 Å². The molecule has 0 saturated carbocycles. The Hall–Kier alpha value is -2.77. The quantitative estimate of drug-likeness (QED) is 0.635. The lowest BCUT2D eigenvalue weighted by Crippen LogP contribution is -2.60. The van der Waals surface area contributed by atoms with Crippen molar-refractivity contribution in [3.8, 4) is 0 Å². The summed E-state index contributed by atoms with van der Waals surface area (Å²) in [7, 11) is 0. The number of aromatic nitrogens is 2. The maximum absolute atomic E-state index is 13.7. The number of carbonyl (C=O) groups is 1. The van der Waals surface area contributed by atoms with Gasteiger partial charge in [0, 0.05) is 58.4 Å². The molecule has 2 saturated heterocycles. The van der Waals surface area contributed by atoms with Crippen LogP contribution in [0.25, 0.3) is 0 Å². The van der Waals surface area contributed by atoms with Crippen molar-refractivity contribution in [3.63, 3.8) is 0 Å². The van der Waals surface area contributed by atoms with Gasteiger partial charge in [-0.2, -0.15) is 0 Å². The second-order valence-electron chi connectivity index (χ2n) is 9.26. The minimum Gasteiger partial charge on any atom is -0.362 e. The zero-order valence-electron chi connectivity index (χ0n) is 19.2. The molecule has 1 aromatic carbocycles. The normalized spacial score (nSPS) is 23.9. The average Bonchev–Trinajstić information content (AvgIpc) is 3.35. The van der Waals surface area contributed by atoms with E-state index in [9.17, 15) is 4.79 Å². The Bertz CT molecular complexity index is 976. The number of rotatable bonds is 6. The van der Waals surface area contributed by atoms with Crippen molar-refractivity contribution in [2.24, 2.45) is 0 Å². The molecule has 1 spiro atoms.